The van der Waals surface area contributed by atoms with E-state index in [1.807, 2.05) is 0 Å². The summed E-state index contributed by atoms with van der Waals surface area (Å²) in [5, 5.41) is 13.0. The molecule has 64 valence electrons. The first kappa shape index (κ1) is 7.45. The fourth-order valence-corrected chi connectivity index (χ4v) is 1.61. The molecule has 2 fully saturated rings. The lowest BCUT2D eigenvalue weighted by Crippen LogP contribution is -2.41. The maximum absolute atomic E-state index is 9.64. The maximum atomic E-state index is 9.64. The van der Waals surface area contributed by atoms with Gasteiger partial charge >= 0.3 is 0 Å². The highest BCUT2D eigenvalue weighted by atomic mass is 17.5. The van der Waals surface area contributed by atoms with Crippen LogP contribution >= 0.6 is 0 Å². The second-order valence-corrected chi connectivity index (χ2v) is 3.08. The SMILES string of the molecule is [O-]OOC1C[N+]12CCOCC2. The summed E-state index contributed by atoms with van der Waals surface area (Å²) >= 11 is 0. The molecule has 2 heterocycles. The molecule has 0 N–H and O–H groups in total. The number of ether oxygens (including phenoxy) is 1. The van der Waals surface area contributed by atoms with Crippen LogP contribution in [0.4, 0.5) is 0 Å². The highest BCUT2D eigenvalue weighted by Gasteiger charge is 2.57. The monoisotopic (exact) mass is 161 g/mol. The van der Waals surface area contributed by atoms with Crippen molar-refractivity contribution in [3.8, 4) is 0 Å². The number of hydrogen-bond donors (Lipinski definition) is 0. The fourth-order valence-electron chi connectivity index (χ4n) is 1.61. The van der Waals surface area contributed by atoms with Crippen LogP contribution in [0.2, 0.25) is 0 Å². The molecule has 5 heteroatoms. The molecule has 0 bridgehead atoms. The molecule has 0 aliphatic carbocycles. The zero-order chi connectivity index (χ0) is 7.73. The van der Waals surface area contributed by atoms with Crippen molar-refractivity contribution in [3.05, 3.63) is 0 Å². The molecule has 2 aliphatic heterocycles. The largest absolute Gasteiger partial charge is 0.692 e. The summed E-state index contributed by atoms with van der Waals surface area (Å²) in [5.41, 5.74) is 0. The van der Waals surface area contributed by atoms with Gasteiger partial charge in [0.2, 0.25) is 0 Å². The predicted molar refractivity (Wildman–Crippen MR) is 31.6 cm³/mol. The number of quaternary nitrogens is 1. The molecule has 1 unspecified atom stereocenters. The number of rotatable bonds is 2. The zero-order valence-electron chi connectivity index (χ0n) is 6.19. The number of nitrogens with zero attached hydrogens (tertiary/aromatic N) is 1. The van der Waals surface area contributed by atoms with Crippen LogP contribution in [-0.2, 0) is 14.7 Å². The van der Waals surface area contributed by atoms with E-state index in [-0.39, 0.29) is 6.23 Å². The number of morpholine rings is 1. The highest BCUT2D eigenvalue weighted by molar-refractivity contribution is 4.66. The smallest absolute Gasteiger partial charge is 0.272 e. The molecule has 0 radical (unpaired) electrons. The van der Waals surface area contributed by atoms with Gasteiger partial charge in [0.15, 0.2) is 6.54 Å². The average Bonchev–Trinajstić information content (AvgIpc) is 2.66. The molecule has 0 aromatic carbocycles. The molecule has 5 nitrogen and oxygen atoms in total. The van der Waals surface area contributed by atoms with E-state index >= 15 is 0 Å². The summed E-state index contributed by atoms with van der Waals surface area (Å²) in [5.74, 6) is 0. The minimum atomic E-state index is -0.0311. The van der Waals surface area contributed by atoms with Crippen LogP contribution in [-0.4, -0.2) is 43.6 Å². The minimum absolute atomic E-state index is 0.0311. The van der Waals surface area contributed by atoms with E-state index in [1.54, 1.807) is 0 Å². The van der Waals surface area contributed by atoms with E-state index in [0.717, 1.165) is 37.3 Å². The van der Waals surface area contributed by atoms with Gasteiger partial charge in [0.05, 0.1) is 13.2 Å². The van der Waals surface area contributed by atoms with Crippen LogP contribution in [0.15, 0.2) is 0 Å². The molecule has 2 rings (SSSR count). The molecule has 0 saturated carbocycles. The van der Waals surface area contributed by atoms with Gasteiger partial charge in [-0.05, 0) is 0 Å². The Kier molecular flexibility index (Phi) is 1.82. The quantitative estimate of drug-likeness (QED) is 0.212. The minimum Gasteiger partial charge on any atom is -0.692 e. The van der Waals surface area contributed by atoms with Crippen molar-refractivity contribution in [1.29, 1.82) is 0 Å². The molecule has 1 spiro atoms. The van der Waals surface area contributed by atoms with E-state index in [0.29, 0.717) is 0 Å². The van der Waals surface area contributed by atoms with E-state index in [2.05, 4.69) is 9.93 Å². The van der Waals surface area contributed by atoms with Gasteiger partial charge in [0, 0.05) is 0 Å². The average molecular weight is 161 g/mol. The van der Waals surface area contributed by atoms with Crippen LogP contribution in [0.25, 0.3) is 0 Å². The lowest BCUT2D eigenvalue weighted by molar-refractivity contribution is -0.884. The van der Waals surface area contributed by atoms with Crippen molar-refractivity contribution in [1.82, 2.24) is 0 Å². The summed E-state index contributed by atoms with van der Waals surface area (Å²) in [6, 6.07) is 0. The van der Waals surface area contributed by atoms with Gasteiger partial charge in [0.1, 0.15) is 13.1 Å². The molecule has 0 aromatic rings. The fraction of sp³-hybridized carbons (Fsp3) is 1.00. The molecule has 0 aromatic heterocycles. The molecule has 1 atom stereocenters. The third-order valence-corrected chi connectivity index (χ3v) is 2.51. The Balaban J connectivity index is 1.84. The van der Waals surface area contributed by atoms with E-state index in [9.17, 15) is 5.26 Å². The van der Waals surface area contributed by atoms with Crippen molar-refractivity contribution in [2.45, 2.75) is 6.23 Å². The van der Waals surface area contributed by atoms with Gasteiger partial charge < -0.3 is 9.99 Å². The summed E-state index contributed by atoms with van der Waals surface area (Å²) in [6.45, 7) is 4.30. The van der Waals surface area contributed by atoms with Crippen LogP contribution in [0.3, 0.4) is 0 Å². The van der Waals surface area contributed by atoms with Gasteiger partial charge in [-0.1, -0.05) is 0 Å². The van der Waals surface area contributed by atoms with E-state index in [4.69, 9.17) is 4.74 Å². The summed E-state index contributed by atoms with van der Waals surface area (Å²) in [4.78, 5) is 4.51. The Morgan fingerprint density at radius 3 is 2.73 bits per heavy atom. The molecular weight excluding hydrogens is 150 g/mol. The number of hydrogen-bond acceptors (Lipinski definition) is 4. The van der Waals surface area contributed by atoms with E-state index < -0.39 is 0 Å². The van der Waals surface area contributed by atoms with Crippen molar-refractivity contribution in [2.24, 2.45) is 0 Å². The van der Waals surface area contributed by atoms with Crippen molar-refractivity contribution >= 4 is 0 Å². The molecule has 11 heavy (non-hydrogen) atoms. The van der Waals surface area contributed by atoms with Crippen LogP contribution in [0.1, 0.15) is 0 Å². The molecule has 2 saturated heterocycles. The molecule has 2 aliphatic rings. The van der Waals surface area contributed by atoms with Crippen molar-refractivity contribution in [2.75, 3.05) is 32.8 Å². The third-order valence-electron chi connectivity index (χ3n) is 2.51. The van der Waals surface area contributed by atoms with Gasteiger partial charge in [-0.2, -0.15) is 4.89 Å². The summed E-state index contributed by atoms with van der Waals surface area (Å²) in [6.07, 6.45) is -0.0311. The third kappa shape index (κ3) is 1.25. The van der Waals surface area contributed by atoms with Crippen molar-refractivity contribution < 1.29 is 24.4 Å². The topological polar surface area (TPSA) is 50.8 Å². The molecule has 0 amide bonds. The normalized spacial score (nSPS) is 34.1. The van der Waals surface area contributed by atoms with Crippen LogP contribution < -0.4 is 5.26 Å². The second kappa shape index (κ2) is 2.69. The first-order chi connectivity index (χ1) is 5.37. The zero-order valence-corrected chi connectivity index (χ0v) is 6.19. The first-order valence-corrected chi connectivity index (χ1v) is 3.76. The van der Waals surface area contributed by atoms with E-state index in [1.165, 1.54) is 0 Å². The Morgan fingerprint density at radius 1 is 1.36 bits per heavy atom. The lowest BCUT2D eigenvalue weighted by atomic mass is 10.5. The Hall–Kier alpha value is -0.200. The van der Waals surface area contributed by atoms with Crippen LogP contribution in [0, 0.1) is 0 Å². The molecular formula is C6H11NO4. The first-order valence-electron chi connectivity index (χ1n) is 3.76. The summed E-state index contributed by atoms with van der Waals surface area (Å²) in [7, 11) is 0. The Bertz CT molecular complexity index is 146. The van der Waals surface area contributed by atoms with Gasteiger partial charge in [-0.25, -0.2) is 0 Å². The van der Waals surface area contributed by atoms with Crippen molar-refractivity contribution in [3.63, 3.8) is 0 Å². The standard InChI is InChI=1S/C6H11NO4/c8-11-10-6-5-7(6)1-3-9-4-2-7/h6H,1-5H2. The Morgan fingerprint density at radius 2 is 2.09 bits per heavy atom. The Labute approximate surface area is 64.5 Å². The second-order valence-electron chi connectivity index (χ2n) is 3.08. The van der Waals surface area contributed by atoms with Crippen LogP contribution in [0.5, 0.6) is 0 Å². The highest BCUT2D eigenvalue weighted by Crippen LogP contribution is 2.32. The maximum Gasteiger partial charge on any atom is 0.272 e. The predicted octanol–water partition coefficient (Wildman–Crippen LogP) is -1.60. The van der Waals surface area contributed by atoms with Gasteiger partial charge in [0.25, 0.3) is 6.23 Å². The lowest BCUT2D eigenvalue weighted by Gasteiger charge is -2.24. The van der Waals surface area contributed by atoms with Gasteiger partial charge in [-0.3, -0.25) is 9.52 Å². The van der Waals surface area contributed by atoms with Gasteiger partial charge in [-0.15, -0.1) is 0 Å². The summed E-state index contributed by atoms with van der Waals surface area (Å²) < 4.78 is 6.03.